The Balaban J connectivity index is 1.23. The van der Waals surface area contributed by atoms with Gasteiger partial charge in [-0.05, 0) is 41.0 Å². The molecule has 1 aliphatic heterocycles. The number of anilines is 1. The zero-order valence-corrected chi connectivity index (χ0v) is 29.0. The van der Waals surface area contributed by atoms with Crippen LogP contribution in [0.1, 0.15) is 34.1 Å². The van der Waals surface area contributed by atoms with Crippen LogP contribution >= 0.6 is 0 Å². The SMILES string of the molecule is COC1(OC)C=CC(C(OC[C@H]2O[C@@H](n3ccc4c(NC(=O)c5ccccc5)ncnc43)[C@@](O)(OC)[C@@H]2O)(c2ccccc2)c2ccccc2)=CC1. The Morgan fingerprint density at radius 2 is 1.56 bits per heavy atom. The molecule has 3 aromatic carbocycles. The highest BCUT2D eigenvalue weighted by Crippen LogP contribution is 2.46. The number of methoxy groups -OCH3 is 3. The van der Waals surface area contributed by atoms with E-state index in [-0.39, 0.29) is 18.3 Å². The van der Waals surface area contributed by atoms with Crippen molar-refractivity contribution in [2.45, 2.75) is 42.0 Å². The summed E-state index contributed by atoms with van der Waals surface area (Å²) in [4.78, 5) is 21.7. The molecule has 2 aromatic heterocycles. The quantitative estimate of drug-likeness (QED) is 0.150. The van der Waals surface area contributed by atoms with E-state index in [1.54, 1.807) is 55.3 Å². The number of ether oxygens (including phenoxy) is 5. The number of amides is 1. The number of hydrogen-bond donors (Lipinski definition) is 3. The Morgan fingerprint density at radius 1 is 0.923 bits per heavy atom. The number of nitrogens with zero attached hydrogens (tertiary/aromatic N) is 3. The van der Waals surface area contributed by atoms with Crippen molar-refractivity contribution < 1.29 is 38.7 Å². The highest BCUT2D eigenvalue weighted by molar-refractivity contribution is 6.07. The maximum absolute atomic E-state index is 13.0. The summed E-state index contributed by atoms with van der Waals surface area (Å²) in [6.45, 7) is -0.162. The van der Waals surface area contributed by atoms with Crippen molar-refractivity contribution in [1.82, 2.24) is 14.5 Å². The van der Waals surface area contributed by atoms with E-state index in [1.165, 1.54) is 13.4 Å². The van der Waals surface area contributed by atoms with Gasteiger partial charge >= 0.3 is 0 Å². The number of aromatic nitrogens is 3. The zero-order valence-electron chi connectivity index (χ0n) is 29.0. The molecule has 0 bridgehead atoms. The molecule has 268 valence electrons. The summed E-state index contributed by atoms with van der Waals surface area (Å²) in [7, 11) is 4.49. The molecular weight excluding hydrogens is 664 g/mol. The molecule has 12 heteroatoms. The average molecular weight is 705 g/mol. The molecule has 3 N–H and O–H groups in total. The van der Waals surface area contributed by atoms with Gasteiger partial charge < -0.3 is 43.8 Å². The number of carbonyl (C=O) groups is 1. The van der Waals surface area contributed by atoms with E-state index >= 15 is 0 Å². The average Bonchev–Trinajstić information content (AvgIpc) is 3.75. The van der Waals surface area contributed by atoms with Crippen molar-refractivity contribution in [3.05, 3.63) is 150 Å². The van der Waals surface area contributed by atoms with Crippen LogP contribution in [0.4, 0.5) is 5.82 Å². The molecule has 1 amide bonds. The van der Waals surface area contributed by atoms with E-state index in [0.29, 0.717) is 23.0 Å². The standard InChI is InChI=1S/C40H40N4O8/c1-48-38(49-2)22-19-30(20-23-38)39(28-15-9-5-10-16-28,29-17-11-6-12-18-29)51-25-32-33(45)40(47,50-3)37(52-32)44-24-21-31-34(41-26-42-35(31)44)43-36(46)27-13-7-4-8-14-27/h4-22,24,26,32-33,37,45,47H,23,25H2,1-3H3,(H,41,42,43,46)/t32-,33-,37-,40+/m1/s1. The van der Waals surface area contributed by atoms with Crippen molar-refractivity contribution in [3.63, 3.8) is 0 Å². The molecule has 1 fully saturated rings. The van der Waals surface area contributed by atoms with Crippen LogP contribution in [0.25, 0.3) is 11.0 Å². The molecule has 0 unspecified atom stereocenters. The van der Waals surface area contributed by atoms with Crippen LogP contribution in [-0.4, -0.2) is 82.4 Å². The first-order valence-electron chi connectivity index (χ1n) is 16.8. The topological polar surface area (TPSA) is 146 Å². The highest BCUT2D eigenvalue weighted by Gasteiger charge is 2.58. The van der Waals surface area contributed by atoms with Crippen molar-refractivity contribution >= 4 is 22.8 Å². The van der Waals surface area contributed by atoms with Gasteiger partial charge in [-0.1, -0.05) is 91.0 Å². The number of rotatable bonds is 12. The van der Waals surface area contributed by atoms with Gasteiger partial charge in [0.1, 0.15) is 35.6 Å². The van der Waals surface area contributed by atoms with Gasteiger partial charge in [0.25, 0.3) is 5.91 Å². The van der Waals surface area contributed by atoms with Gasteiger partial charge in [-0.25, -0.2) is 9.97 Å². The van der Waals surface area contributed by atoms with Gasteiger partial charge in [-0.2, -0.15) is 0 Å². The van der Waals surface area contributed by atoms with Gasteiger partial charge in [0.05, 0.1) is 12.0 Å². The maximum atomic E-state index is 13.0. The second-order valence-electron chi connectivity index (χ2n) is 12.6. The van der Waals surface area contributed by atoms with E-state index in [2.05, 4.69) is 15.3 Å². The van der Waals surface area contributed by atoms with Crippen molar-refractivity contribution in [3.8, 4) is 0 Å². The number of fused-ring (bicyclic) bond motifs is 1. The maximum Gasteiger partial charge on any atom is 0.256 e. The number of hydrogen-bond acceptors (Lipinski definition) is 10. The Morgan fingerprint density at radius 3 is 2.13 bits per heavy atom. The van der Waals surface area contributed by atoms with E-state index < -0.39 is 35.6 Å². The minimum absolute atomic E-state index is 0.162. The van der Waals surface area contributed by atoms with Gasteiger partial charge in [-0.15, -0.1) is 0 Å². The van der Waals surface area contributed by atoms with E-state index in [4.69, 9.17) is 23.7 Å². The molecule has 52 heavy (non-hydrogen) atoms. The van der Waals surface area contributed by atoms with Crippen molar-refractivity contribution in [1.29, 1.82) is 0 Å². The van der Waals surface area contributed by atoms with Crippen LogP contribution in [-0.2, 0) is 29.3 Å². The Bertz CT molecular complexity index is 2030. The van der Waals surface area contributed by atoms with Crippen LogP contribution in [0.15, 0.2) is 133 Å². The van der Waals surface area contributed by atoms with Crippen LogP contribution < -0.4 is 5.32 Å². The molecule has 12 nitrogen and oxygen atoms in total. The van der Waals surface area contributed by atoms with Gasteiger partial charge in [0, 0.05) is 39.5 Å². The third-order valence-corrected chi connectivity index (χ3v) is 9.84. The number of aliphatic hydroxyl groups is 2. The fourth-order valence-corrected chi connectivity index (χ4v) is 6.95. The summed E-state index contributed by atoms with van der Waals surface area (Å²) in [6, 6.07) is 30.0. The predicted molar refractivity (Wildman–Crippen MR) is 192 cm³/mol. The van der Waals surface area contributed by atoms with Gasteiger partial charge in [0.15, 0.2) is 12.0 Å². The minimum atomic E-state index is -2.21. The molecular formula is C40H40N4O8. The molecule has 0 spiro atoms. The number of benzene rings is 3. The molecule has 1 aliphatic carbocycles. The van der Waals surface area contributed by atoms with Crippen molar-refractivity contribution in [2.24, 2.45) is 0 Å². The Hall–Kier alpha value is -5.05. The third kappa shape index (κ3) is 6.14. The summed E-state index contributed by atoms with van der Waals surface area (Å²) in [5.74, 6) is -3.21. The lowest BCUT2D eigenvalue weighted by atomic mass is 9.77. The van der Waals surface area contributed by atoms with Gasteiger partial charge in [0.2, 0.25) is 5.79 Å². The normalized spacial score (nSPS) is 22.7. The van der Waals surface area contributed by atoms with E-state index in [0.717, 1.165) is 16.7 Å². The van der Waals surface area contributed by atoms with Crippen LogP contribution in [0.2, 0.25) is 0 Å². The van der Waals surface area contributed by atoms with E-state index in [9.17, 15) is 15.0 Å². The smallest absolute Gasteiger partial charge is 0.256 e. The predicted octanol–water partition coefficient (Wildman–Crippen LogP) is 5.11. The molecule has 5 aromatic rings. The minimum Gasteiger partial charge on any atom is -0.384 e. The first-order valence-corrected chi connectivity index (χ1v) is 16.8. The first-order chi connectivity index (χ1) is 25.3. The summed E-state index contributed by atoms with van der Waals surface area (Å²) in [6.07, 6.45) is 5.30. The molecule has 2 aliphatic rings. The number of carbonyl (C=O) groups excluding carboxylic acids is 1. The van der Waals surface area contributed by atoms with Crippen molar-refractivity contribution in [2.75, 3.05) is 33.3 Å². The molecule has 0 saturated carbocycles. The number of aliphatic hydroxyl groups excluding tert-OH is 1. The largest absolute Gasteiger partial charge is 0.384 e. The highest BCUT2D eigenvalue weighted by atomic mass is 16.7. The zero-order chi connectivity index (χ0) is 36.3. The fourth-order valence-electron chi connectivity index (χ4n) is 6.95. The fraction of sp³-hybridized carbons (Fsp3) is 0.275. The summed E-state index contributed by atoms with van der Waals surface area (Å²) in [5, 5.41) is 26.9. The molecule has 3 heterocycles. The van der Waals surface area contributed by atoms with E-state index in [1.807, 2.05) is 85.0 Å². The second-order valence-corrected chi connectivity index (χ2v) is 12.6. The van der Waals surface area contributed by atoms with Gasteiger partial charge in [-0.3, -0.25) is 4.79 Å². The second kappa shape index (κ2) is 14.5. The lowest BCUT2D eigenvalue weighted by molar-refractivity contribution is -0.264. The molecule has 0 radical (unpaired) electrons. The summed E-state index contributed by atoms with van der Waals surface area (Å²) >= 11 is 0. The molecule has 1 saturated heterocycles. The lowest BCUT2D eigenvalue weighted by Crippen LogP contribution is -2.49. The third-order valence-electron chi connectivity index (χ3n) is 9.84. The number of nitrogens with one attached hydrogen (secondary N) is 1. The van der Waals surface area contributed by atoms with Crippen LogP contribution in [0, 0.1) is 0 Å². The summed E-state index contributed by atoms with van der Waals surface area (Å²) < 4.78 is 31.9. The van der Waals surface area contributed by atoms with Crippen LogP contribution in [0.3, 0.4) is 0 Å². The summed E-state index contributed by atoms with van der Waals surface area (Å²) in [5.41, 5.74) is 2.13. The van der Waals surface area contributed by atoms with Crippen LogP contribution in [0.5, 0.6) is 0 Å². The first kappa shape index (κ1) is 35.4. The molecule has 4 atom stereocenters. The molecule has 7 rings (SSSR count). The monoisotopic (exact) mass is 704 g/mol. The lowest BCUT2D eigenvalue weighted by Gasteiger charge is -2.40. The Kier molecular flexibility index (Phi) is 9.88. The Labute approximate surface area is 300 Å².